The van der Waals surface area contributed by atoms with E-state index >= 15 is 0 Å². The summed E-state index contributed by atoms with van der Waals surface area (Å²) in [6.07, 6.45) is 0. The van der Waals surface area contributed by atoms with E-state index in [-0.39, 0.29) is 5.91 Å². The molecule has 1 aromatic heterocycles. The van der Waals surface area contributed by atoms with E-state index in [9.17, 15) is 4.79 Å². The predicted molar refractivity (Wildman–Crippen MR) is 86.1 cm³/mol. The molecular formula is C17H20N4O. The van der Waals surface area contributed by atoms with E-state index in [0.717, 1.165) is 31.9 Å². The van der Waals surface area contributed by atoms with E-state index in [0.29, 0.717) is 11.5 Å². The molecule has 1 amide bonds. The SMILES string of the molecule is Cc1cc(C(=O)N2CCN(c3ccccc3)CC2)nc(C)n1. The van der Waals surface area contributed by atoms with Crippen LogP contribution in [0.2, 0.25) is 0 Å². The number of carbonyl (C=O) groups is 1. The lowest BCUT2D eigenvalue weighted by Crippen LogP contribution is -2.49. The highest BCUT2D eigenvalue weighted by Crippen LogP contribution is 2.16. The van der Waals surface area contributed by atoms with E-state index in [1.165, 1.54) is 5.69 Å². The third-order valence-electron chi connectivity index (χ3n) is 3.87. The summed E-state index contributed by atoms with van der Waals surface area (Å²) in [5, 5.41) is 0. The minimum Gasteiger partial charge on any atom is -0.368 e. The van der Waals surface area contributed by atoms with Crippen LogP contribution in [-0.4, -0.2) is 47.0 Å². The van der Waals surface area contributed by atoms with E-state index < -0.39 is 0 Å². The number of amides is 1. The Hall–Kier alpha value is -2.43. The third kappa shape index (κ3) is 3.08. The Morgan fingerprint density at radius 2 is 1.68 bits per heavy atom. The number of aromatic nitrogens is 2. The van der Waals surface area contributed by atoms with E-state index in [1.807, 2.05) is 36.9 Å². The number of hydrogen-bond donors (Lipinski definition) is 0. The van der Waals surface area contributed by atoms with Gasteiger partial charge in [0, 0.05) is 37.6 Å². The average Bonchev–Trinajstić information content (AvgIpc) is 2.54. The highest BCUT2D eigenvalue weighted by Gasteiger charge is 2.23. The highest BCUT2D eigenvalue weighted by molar-refractivity contribution is 5.92. The van der Waals surface area contributed by atoms with E-state index in [1.54, 1.807) is 6.07 Å². The standard InChI is InChI=1S/C17H20N4O/c1-13-12-16(19-14(2)18-13)17(22)21-10-8-20(9-11-21)15-6-4-3-5-7-15/h3-7,12H,8-11H2,1-2H3. The fourth-order valence-corrected chi connectivity index (χ4v) is 2.80. The molecule has 0 saturated carbocycles. The van der Waals surface area contributed by atoms with Crippen LogP contribution in [0.15, 0.2) is 36.4 Å². The van der Waals surface area contributed by atoms with Crippen molar-refractivity contribution in [3.8, 4) is 0 Å². The summed E-state index contributed by atoms with van der Waals surface area (Å²) in [6, 6.07) is 12.1. The normalized spacial score (nSPS) is 15.0. The molecule has 1 fully saturated rings. The Bertz CT molecular complexity index is 643. The van der Waals surface area contributed by atoms with E-state index in [2.05, 4.69) is 27.0 Å². The zero-order chi connectivity index (χ0) is 15.5. The van der Waals surface area contributed by atoms with Gasteiger partial charge >= 0.3 is 0 Å². The second-order valence-electron chi connectivity index (χ2n) is 5.56. The number of anilines is 1. The fraction of sp³-hybridized carbons (Fsp3) is 0.353. The molecule has 0 spiro atoms. The molecule has 1 aromatic carbocycles. The number of rotatable bonds is 2. The predicted octanol–water partition coefficient (Wildman–Crippen LogP) is 2.06. The molecular weight excluding hydrogens is 276 g/mol. The van der Waals surface area contributed by atoms with Gasteiger partial charge in [-0.3, -0.25) is 4.79 Å². The molecule has 22 heavy (non-hydrogen) atoms. The number of nitrogens with zero attached hydrogens (tertiary/aromatic N) is 4. The summed E-state index contributed by atoms with van der Waals surface area (Å²) in [5.41, 5.74) is 2.54. The van der Waals surface area contributed by atoms with Gasteiger partial charge in [0.1, 0.15) is 11.5 Å². The number of piperazine rings is 1. The second kappa shape index (κ2) is 6.13. The van der Waals surface area contributed by atoms with Gasteiger partial charge in [0.25, 0.3) is 5.91 Å². The molecule has 0 aliphatic carbocycles. The van der Waals surface area contributed by atoms with Crippen molar-refractivity contribution >= 4 is 11.6 Å². The maximum absolute atomic E-state index is 12.6. The molecule has 2 aromatic rings. The first-order valence-electron chi connectivity index (χ1n) is 7.55. The van der Waals surface area contributed by atoms with Crippen LogP contribution in [-0.2, 0) is 0 Å². The molecule has 0 atom stereocenters. The van der Waals surface area contributed by atoms with Crippen molar-refractivity contribution in [2.45, 2.75) is 13.8 Å². The number of benzene rings is 1. The lowest BCUT2D eigenvalue weighted by Gasteiger charge is -2.36. The Labute approximate surface area is 130 Å². The number of carbonyl (C=O) groups excluding carboxylic acids is 1. The van der Waals surface area contributed by atoms with Crippen LogP contribution in [0, 0.1) is 13.8 Å². The van der Waals surface area contributed by atoms with Crippen molar-refractivity contribution in [3.63, 3.8) is 0 Å². The first-order chi connectivity index (χ1) is 10.6. The zero-order valence-corrected chi connectivity index (χ0v) is 13.0. The zero-order valence-electron chi connectivity index (χ0n) is 13.0. The highest BCUT2D eigenvalue weighted by atomic mass is 16.2. The van der Waals surface area contributed by atoms with Gasteiger partial charge in [-0.25, -0.2) is 9.97 Å². The van der Waals surface area contributed by atoms with Gasteiger partial charge in [-0.2, -0.15) is 0 Å². The lowest BCUT2D eigenvalue weighted by atomic mass is 10.2. The van der Waals surface area contributed by atoms with Crippen molar-refractivity contribution < 1.29 is 4.79 Å². The molecule has 114 valence electrons. The molecule has 3 rings (SSSR count). The van der Waals surface area contributed by atoms with Gasteiger partial charge in [0.15, 0.2) is 0 Å². The third-order valence-corrected chi connectivity index (χ3v) is 3.87. The molecule has 5 heteroatoms. The molecule has 1 saturated heterocycles. The molecule has 0 N–H and O–H groups in total. The first-order valence-corrected chi connectivity index (χ1v) is 7.55. The van der Waals surface area contributed by atoms with Crippen LogP contribution in [0.5, 0.6) is 0 Å². The van der Waals surface area contributed by atoms with Crippen molar-refractivity contribution in [2.75, 3.05) is 31.1 Å². The summed E-state index contributed by atoms with van der Waals surface area (Å²) in [4.78, 5) is 25.2. The number of aryl methyl sites for hydroxylation is 2. The lowest BCUT2D eigenvalue weighted by molar-refractivity contribution is 0.0740. The van der Waals surface area contributed by atoms with Crippen LogP contribution in [0.4, 0.5) is 5.69 Å². The quantitative estimate of drug-likeness (QED) is 0.851. The monoisotopic (exact) mass is 296 g/mol. The maximum atomic E-state index is 12.6. The smallest absolute Gasteiger partial charge is 0.272 e. The van der Waals surface area contributed by atoms with Crippen LogP contribution in [0.1, 0.15) is 22.0 Å². The maximum Gasteiger partial charge on any atom is 0.272 e. The molecule has 0 bridgehead atoms. The average molecular weight is 296 g/mol. The summed E-state index contributed by atoms with van der Waals surface area (Å²) >= 11 is 0. The molecule has 2 heterocycles. The largest absolute Gasteiger partial charge is 0.368 e. The first kappa shape index (κ1) is 14.5. The van der Waals surface area contributed by atoms with Crippen LogP contribution in [0.3, 0.4) is 0 Å². The Morgan fingerprint density at radius 3 is 2.32 bits per heavy atom. The Balaban J connectivity index is 1.67. The van der Waals surface area contributed by atoms with Crippen LogP contribution < -0.4 is 4.90 Å². The molecule has 5 nitrogen and oxygen atoms in total. The van der Waals surface area contributed by atoms with Crippen molar-refractivity contribution in [1.29, 1.82) is 0 Å². The molecule has 1 aliphatic rings. The van der Waals surface area contributed by atoms with Crippen LogP contribution in [0.25, 0.3) is 0 Å². The molecule has 0 unspecified atom stereocenters. The fourth-order valence-electron chi connectivity index (χ4n) is 2.80. The molecule has 1 aliphatic heterocycles. The van der Waals surface area contributed by atoms with Gasteiger partial charge in [0.05, 0.1) is 0 Å². The van der Waals surface area contributed by atoms with Gasteiger partial charge in [-0.1, -0.05) is 18.2 Å². The Morgan fingerprint density at radius 1 is 1.00 bits per heavy atom. The second-order valence-corrected chi connectivity index (χ2v) is 5.56. The van der Waals surface area contributed by atoms with Crippen molar-refractivity contribution in [1.82, 2.24) is 14.9 Å². The van der Waals surface area contributed by atoms with Crippen molar-refractivity contribution in [2.24, 2.45) is 0 Å². The van der Waals surface area contributed by atoms with E-state index in [4.69, 9.17) is 0 Å². The minimum absolute atomic E-state index is 0.00121. The van der Waals surface area contributed by atoms with Crippen LogP contribution >= 0.6 is 0 Å². The van der Waals surface area contributed by atoms with Gasteiger partial charge in [-0.05, 0) is 32.0 Å². The Kier molecular flexibility index (Phi) is 4.04. The van der Waals surface area contributed by atoms with Gasteiger partial charge in [0.2, 0.25) is 0 Å². The number of para-hydroxylation sites is 1. The van der Waals surface area contributed by atoms with Crippen molar-refractivity contribution in [3.05, 3.63) is 53.6 Å². The topological polar surface area (TPSA) is 49.3 Å². The summed E-state index contributed by atoms with van der Waals surface area (Å²) in [6.45, 7) is 6.83. The summed E-state index contributed by atoms with van der Waals surface area (Å²) in [7, 11) is 0. The number of hydrogen-bond acceptors (Lipinski definition) is 4. The van der Waals surface area contributed by atoms with Gasteiger partial charge in [-0.15, -0.1) is 0 Å². The van der Waals surface area contributed by atoms with Gasteiger partial charge < -0.3 is 9.80 Å². The summed E-state index contributed by atoms with van der Waals surface area (Å²) in [5.74, 6) is 0.646. The summed E-state index contributed by atoms with van der Waals surface area (Å²) < 4.78 is 0. The minimum atomic E-state index is 0.00121. The molecule has 0 radical (unpaired) electrons.